The van der Waals surface area contributed by atoms with E-state index in [2.05, 4.69) is 16.5 Å². The molecule has 4 aromatic rings. The standard InChI is InChI=1S/C26H23FN6O/c1-32-14-12-22(31-32)17-33(18-34)25-10-9-24(23-8-3-2-6-20(23)16-28)30-26(25)29-13-11-19-5-4-7-21(27)15-19/h2-10,12,14-15,18H,11,13,17H2,1H3,(H,29,30). The lowest BCUT2D eigenvalue weighted by molar-refractivity contribution is -0.107. The van der Waals surface area contributed by atoms with Crippen LogP contribution in [0.5, 0.6) is 0 Å². The molecule has 2 aromatic heterocycles. The van der Waals surface area contributed by atoms with E-state index in [4.69, 9.17) is 4.98 Å². The van der Waals surface area contributed by atoms with E-state index in [0.29, 0.717) is 41.3 Å². The lowest BCUT2D eigenvalue weighted by Crippen LogP contribution is -2.23. The number of halogens is 1. The van der Waals surface area contributed by atoms with E-state index >= 15 is 0 Å². The van der Waals surface area contributed by atoms with Crippen molar-refractivity contribution < 1.29 is 9.18 Å². The minimum Gasteiger partial charge on any atom is -0.368 e. The summed E-state index contributed by atoms with van der Waals surface area (Å²) in [6.07, 6.45) is 3.13. The van der Waals surface area contributed by atoms with Crippen molar-refractivity contribution in [3.8, 4) is 17.3 Å². The van der Waals surface area contributed by atoms with Gasteiger partial charge in [0.15, 0.2) is 5.82 Å². The van der Waals surface area contributed by atoms with Gasteiger partial charge in [-0.05, 0) is 48.4 Å². The third kappa shape index (κ3) is 5.27. The molecule has 2 aromatic carbocycles. The first-order chi connectivity index (χ1) is 16.6. The summed E-state index contributed by atoms with van der Waals surface area (Å²) in [5.74, 6) is 0.207. The Labute approximate surface area is 197 Å². The Kier molecular flexibility index (Phi) is 6.94. The van der Waals surface area contributed by atoms with Gasteiger partial charge >= 0.3 is 0 Å². The summed E-state index contributed by atoms with van der Waals surface area (Å²) in [5.41, 5.74) is 3.98. The molecule has 0 aliphatic carbocycles. The van der Waals surface area contributed by atoms with Crippen molar-refractivity contribution in [2.45, 2.75) is 13.0 Å². The fraction of sp³-hybridized carbons (Fsp3) is 0.154. The molecule has 0 radical (unpaired) electrons. The Bertz CT molecular complexity index is 1340. The summed E-state index contributed by atoms with van der Waals surface area (Å²) in [6.45, 7) is 0.752. The van der Waals surface area contributed by atoms with Crippen LogP contribution < -0.4 is 10.2 Å². The minimum atomic E-state index is -0.283. The van der Waals surface area contributed by atoms with Crippen molar-refractivity contribution in [3.63, 3.8) is 0 Å². The van der Waals surface area contributed by atoms with Crippen molar-refractivity contribution in [3.05, 3.63) is 95.6 Å². The highest BCUT2D eigenvalue weighted by molar-refractivity contribution is 5.83. The summed E-state index contributed by atoms with van der Waals surface area (Å²) in [4.78, 5) is 18.3. The lowest BCUT2D eigenvalue weighted by Gasteiger charge is -2.21. The second-order valence-corrected chi connectivity index (χ2v) is 7.74. The molecule has 1 amide bonds. The van der Waals surface area contributed by atoms with Gasteiger partial charge in [-0.25, -0.2) is 9.37 Å². The first-order valence-corrected chi connectivity index (χ1v) is 10.8. The van der Waals surface area contributed by atoms with Crippen LogP contribution in [0, 0.1) is 17.1 Å². The minimum absolute atomic E-state index is 0.277. The Morgan fingerprint density at radius 1 is 1.15 bits per heavy atom. The van der Waals surface area contributed by atoms with Gasteiger partial charge in [-0.2, -0.15) is 10.4 Å². The SMILES string of the molecule is Cn1ccc(CN(C=O)c2ccc(-c3ccccc3C#N)nc2NCCc2cccc(F)c2)n1. The molecule has 4 rings (SSSR count). The highest BCUT2D eigenvalue weighted by Crippen LogP contribution is 2.30. The molecular formula is C26H23FN6O. The first-order valence-electron chi connectivity index (χ1n) is 10.8. The number of hydrogen-bond acceptors (Lipinski definition) is 5. The largest absolute Gasteiger partial charge is 0.368 e. The van der Waals surface area contributed by atoms with E-state index in [9.17, 15) is 14.4 Å². The summed E-state index contributed by atoms with van der Waals surface area (Å²) < 4.78 is 15.2. The van der Waals surface area contributed by atoms with Gasteiger partial charge in [0.1, 0.15) is 5.82 Å². The zero-order valence-electron chi connectivity index (χ0n) is 18.6. The number of rotatable bonds is 9. The fourth-order valence-electron chi connectivity index (χ4n) is 3.69. The zero-order valence-corrected chi connectivity index (χ0v) is 18.6. The molecular weight excluding hydrogens is 431 g/mol. The molecule has 170 valence electrons. The predicted molar refractivity (Wildman–Crippen MR) is 128 cm³/mol. The van der Waals surface area contributed by atoms with E-state index in [1.807, 2.05) is 37.5 Å². The molecule has 0 saturated heterocycles. The number of carbonyl (C=O) groups is 1. The molecule has 7 nitrogen and oxygen atoms in total. The number of benzene rings is 2. The van der Waals surface area contributed by atoms with Crippen molar-refractivity contribution in [1.29, 1.82) is 5.26 Å². The van der Waals surface area contributed by atoms with E-state index in [1.54, 1.807) is 35.0 Å². The maximum atomic E-state index is 13.5. The highest BCUT2D eigenvalue weighted by atomic mass is 19.1. The number of nitrogens with zero attached hydrogens (tertiary/aromatic N) is 5. The molecule has 34 heavy (non-hydrogen) atoms. The Hall–Kier alpha value is -4.51. The van der Waals surface area contributed by atoms with Crippen LogP contribution in [-0.2, 0) is 24.8 Å². The number of amides is 1. The van der Waals surface area contributed by atoms with Crippen LogP contribution in [0.25, 0.3) is 11.3 Å². The molecule has 0 aliphatic rings. The molecule has 0 aliphatic heterocycles. The van der Waals surface area contributed by atoms with Crippen LogP contribution in [0.2, 0.25) is 0 Å². The predicted octanol–water partition coefficient (Wildman–Crippen LogP) is 4.31. The fourth-order valence-corrected chi connectivity index (χ4v) is 3.69. The Morgan fingerprint density at radius 3 is 2.74 bits per heavy atom. The highest BCUT2D eigenvalue weighted by Gasteiger charge is 2.16. The van der Waals surface area contributed by atoms with Crippen molar-refractivity contribution >= 4 is 17.9 Å². The van der Waals surface area contributed by atoms with Gasteiger partial charge in [0, 0.05) is 25.4 Å². The number of hydrogen-bond donors (Lipinski definition) is 1. The van der Waals surface area contributed by atoms with Gasteiger partial charge in [0.25, 0.3) is 0 Å². The molecule has 2 heterocycles. The number of anilines is 2. The zero-order chi connectivity index (χ0) is 23.9. The summed E-state index contributed by atoms with van der Waals surface area (Å²) >= 11 is 0. The van der Waals surface area contributed by atoms with Gasteiger partial charge in [0.05, 0.1) is 35.3 Å². The summed E-state index contributed by atoms with van der Waals surface area (Å²) in [6, 6.07) is 21.3. The topological polar surface area (TPSA) is 86.8 Å². The maximum absolute atomic E-state index is 13.5. The van der Waals surface area contributed by atoms with Gasteiger partial charge in [-0.1, -0.05) is 30.3 Å². The molecule has 0 atom stereocenters. The average molecular weight is 455 g/mol. The van der Waals surface area contributed by atoms with Gasteiger partial charge < -0.3 is 10.2 Å². The second kappa shape index (κ2) is 10.4. The number of carbonyl (C=O) groups excluding carboxylic acids is 1. The number of aromatic nitrogens is 3. The second-order valence-electron chi connectivity index (χ2n) is 7.74. The monoisotopic (exact) mass is 454 g/mol. The van der Waals surface area contributed by atoms with Crippen molar-refractivity contribution in [1.82, 2.24) is 14.8 Å². The van der Waals surface area contributed by atoms with Crippen LogP contribution in [0.4, 0.5) is 15.9 Å². The number of nitriles is 1. The smallest absolute Gasteiger partial charge is 0.214 e. The van der Waals surface area contributed by atoms with Crippen LogP contribution in [-0.4, -0.2) is 27.7 Å². The molecule has 0 fully saturated rings. The van der Waals surface area contributed by atoms with Gasteiger partial charge in [-0.15, -0.1) is 0 Å². The number of nitrogens with one attached hydrogen (secondary N) is 1. The first kappa shape index (κ1) is 22.7. The van der Waals surface area contributed by atoms with E-state index < -0.39 is 0 Å². The Morgan fingerprint density at radius 2 is 2.00 bits per heavy atom. The van der Waals surface area contributed by atoms with Gasteiger partial charge in [-0.3, -0.25) is 9.48 Å². The van der Waals surface area contributed by atoms with E-state index in [1.165, 1.54) is 17.0 Å². The van der Waals surface area contributed by atoms with E-state index in [0.717, 1.165) is 17.7 Å². The maximum Gasteiger partial charge on any atom is 0.214 e. The van der Waals surface area contributed by atoms with Crippen LogP contribution >= 0.6 is 0 Å². The van der Waals surface area contributed by atoms with Crippen molar-refractivity contribution in [2.75, 3.05) is 16.8 Å². The third-order valence-corrected chi connectivity index (χ3v) is 5.33. The van der Waals surface area contributed by atoms with Crippen LogP contribution in [0.15, 0.2) is 72.9 Å². The summed E-state index contributed by atoms with van der Waals surface area (Å²) in [7, 11) is 1.82. The summed E-state index contributed by atoms with van der Waals surface area (Å²) in [5, 5.41) is 17.1. The quantitative estimate of drug-likeness (QED) is 0.381. The third-order valence-electron chi connectivity index (χ3n) is 5.33. The van der Waals surface area contributed by atoms with Crippen LogP contribution in [0.3, 0.4) is 0 Å². The average Bonchev–Trinajstić information content (AvgIpc) is 3.27. The number of aryl methyl sites for hydroxylation is 1. The van der Waals surface area contributed by atoms with E-state index in [-0.39, 0.29) is 12.4 Å². The van der Waals surface area contributed by atoms with Crippen molar-refractivity contribution in [2.24, 2.45) is 7.05 Å². The molecule has 0 unspecified atom stereocenters. The molecule has 0 saturated carbocycles. The molecule has 0 bridgehead atoms. The van der Waals surface area contributed by atoms with Crippen LogP contribution in [0.1, 0.15) is 16.8 Å². The normalized spacial score (nSPS) is 10.5. The Balaban J connectivity index is 1.66. The lowest BCUT2D eigenvalue weighted by atomic mass is 10.0. The molecule has 1 N–H and O–H groups in total. The van der Waals surface area contributed by atoms with Gasteiger partial charge in [0.2, 0.25) is 6.41 Å². The number of pyridine rings is 1. The molecule has 0 spiro atoms. The molecule has 8 heteroatoms.